The van der Waals surface area contributed by atoms with Crippen LogP contribution in [-0.4, -0.2) is 73.1 Å². The van der Waals surface area contributed by atoms with Gasteiger partial charge >= 0.3 is 0 Å². The second-order valence-corrected chi connectivity index (χ2v) is 6.41. The molecule has 8 heteroatoms. The summed E-state index contributed by atoms with van der Waals surface area (Å²) in [6.07, 6.45) is 0. The fraction of sp³-hybridized carbons (Fsp3) is 0.421. The lowest BCUT2D eigenvalue weighted by Crippen LogP contribution is -2.50. The van der Waals surface area contributed by atoms with E-state index in [1.807, 2.05) is 12.1 Å². The van der Waals surface area contributed by atoms with Gasteiger partial charge in [-0.2, -0.15) is 0 Å². The maximum atomic E-state index is 12.4. The van der Waals surface area contributed by atoms with Gasteiger partial charge in [-0.25, -0.2) is 0 Å². The predicted octanol–water partition coefficient (Wildman–Crippen LogP) is 1.18. The smallest absolute Gasteiger partial charge is 0.276 e. The number of piperazine rings is 1. The van der Waals surface area contributed by atoms with Crippen molar-refractivity contribution in [2.75, 3.05) is 46.4 Å². The van der Waals surface area contributed by atoms with Crippen molar-refractivity contribution in [3.63, 3.8) is 0 Å². The van der Waals surface area contributed by atoms with Crippen molar-refractivity contribution >= 4 is 11.8 Å². The molecule has 1 aliphatic heterocycles. The lowest BCUT2D eigenvalue weighted by atomic mass is 10.2. The van der Waals surface area contributed by atoms with Crippen LogP contribution in [0.15, 0.2) is 34.9 Å². The van der Waals surface area contributed by atoms with E-state index < -0.39 is 0 Å². The van der Waals surface area contributed by atoms with E-state index >= 15 is 0 Å². The number of rotatable bonds is 6. The molecule has 0 spiro atoms. The zero-order chi connectivity index (χ0) is 19.2. The molecule has 1 aromatic carbocycles. The Kier molecular flexibility index (Phi) is 6.08. The largest absolute Gasteiger partial charge is 0.496 e. The molecule has 0 atom stereocenters. The van der Waals surface area contributed by atoms with E-state index in [9.17, 15) is 9.59 Å². The number of aryl methyl sites for hydroxylation is 1. The van der Waals surface area contributed by atoms with Crippen LogP contribution < -0.4 is 10.1 Å². The normalized spacial score (nSPS) is 14.8. The standard InChI is InChI=1S/C19H24N4O4/c1-14-13-16(21-27-14)19(25)23-11-9-22(10-12-23)8-7-20-18(24)15-5-3-4-6-17(15)26-2/h3-6,13H,7-12H2,1-2H3,(H,20,24). The monoisotopic (exact) mass is 372 g/mol. The van der Waals surface area contributed by atoms with Gasteiger partial charge in [-0.1, -0.05) is 17.3 Å². The summed E-state index contributed by atoms with van der Waals surface area (Å²) in [6, 6.07) is 8.80. The molecule has 2 heterocycles. The number of nitrogens with zero attached hydrogens (tertiary/aromatic N) is 3. The van der Waals surface area contributed by atoms with E-state index in [0.29, 0.717) is 42.4 Å². The minimum atomic E-state index is -0.150. The summed E-state index contributed by atoms with van der Waals surface area (Å²) in [5.41, 5.74) is 0.878. The molecule has 1 fully saturated rings. The zero-order valence-electron chi connectivity index (χ0n) is 15.6. The lowest BCUT2D eigenvalue weighted by Gasteiger charge is -2.34. The predicted molar refractivity (Wildman–Crippen MR) is 98.9 cm³/mol. The number of nitrogens with one attached hydrogen (secondary N) is 1. The van der Waals surface area contributed by atoms with Crippen LogP contribution in [0.4, 0.5) is 0 Å². The second-order valence-electron chi connectivity index (χ2n) is 6.41. The van der Waals surface area contributed by atoms with E-state index in [4.69, 9.17) is 9.26 Å². The molecule has 0 saturated carbocycles. The van der Waals surface area contributed by atoms with Crippen LogP contribution in [0.25, 0.3) is 0 Å². The molecule has 0 bridgehead atoms. The van der Waals surface area contributed by atoms with Crippen molar-refractivity contribution in [2.45, 2.75) is 6.92 Å². The number of aromatic nitrogens is 1. The van der Waals surface area contributed by atoms with Crippen molar-refractivity contribution in [1.29, 1.82) is 0 Å². The Morgan fingerprint density at radius 1 is 1.22 bits per heavy atom. The first-order valence-electron chi connectivity index (χ1n) is 8.94. The summed E-state index contributed by atoms with van der Waals surface area (Å²) < 4.78 is 10.2. The topological polar surface area (TPSA) is 87.9 Å². The zero-order valence-corrected chi connectivity index (χ0v) is 15.6. The van der Waals surface area contributed by atoms with E-state index in [1.54, 1.807) is 37.1 Å². The third-order valence-corrected chi connectivity index (χ3v) is 4.57. The second kappa shape index (κ2) is 8.68. The number of methoxy groups -OCH3 is 1. The van der Waals surface area contributed by atoms with Crippen molar-refractivity contribution in [1.82, 2.24) is 20.3 Å². The van der Waals surface area contributed by atoms with Gasteiger partial charge in [0, 0.05) is 45.3 Å². The summed E-state index contributed by atoms with van der Waals surface area (Å²) in [7, 11) is 1.55. The number of hydrogen-bond acceptors (Lipinski definition) is 6. The van der Waals surface area contributed by atoms with E-state index in [-0.39, 0.29) is 11.8 Å². The molecular weight excluding hydrogens is 348 g/mol. The molecule has 3 rings (SSSR count). The van der Waals surface area contributed by atoms with Gasteiger partial charge in [0.2, 0.25) is 0 Å². The van der Waals surface area contributed by atoms with Crippen molar-refractivity contribution in [3.8, 4) is 5.75 Å². The molecule has 0 unspecified atom stereocenters. The van der Waals surface area contributed by atoms with Gasteiger partial charge in [0.25, 0.3) is 11.8 Å². The summed E-state index contributed by atoms with van der Waals surface area (Å²) in [5.74, 6) is 0.937. The van der Waals surface area contributed by atoms with Crippen LogP contribution in [0.5, 0.6) is 5.75 Å². The minimum absolute atomic E-state index is 0.101. The van der Waals surface area contributed by atoms with E-state index in [2.05, 4.69) is 15.4 Å². The fourth-order valence-electron chi connectivity index (χ4n) is 3.06. The Morgan fingerprint density at radius 3 is 2.63 bits per heavy atom. The molecule has 1 aliphatic rings. The van der Waals surface area contributed by atoms with Gasteiger partial charge < -0.3 is 19.5 Å². The highest BCUT2D eigenvalue weighted by molar-refractivity contribution is 5.96. The van der Waals surface area contributed by atoms with Crippen LogP contribution in [-0.2, 0) is 0 Å². The Morgan fingerprint density at radius 2 is 1.96 bits per heavy atom. The molecule has 1 saturated heterocycles. The number of carbonyl (C=O) groups is 2. The highest BCUT2D eigenvalue weighted by atomic mass is 16.5. The Bertz CT molecular complexity index is 797. The van der Waals surface area contributed by atoms with Gasteiger partial charge in [0.15, 0.2) is 5.69 Å². The lowest BCUT2D eigenvalue weighted by molar-refractivity contribution is 0.0628. The van der Waals surface area contributed by atoms with E-state index in [1.165, 1.54) is 0 Å². The van der Waals surface area contributed by atoms with Crippen LogP contribution in [0.1, 0.15) is 26.6 Å². The SMILES string of the molecule is COc1ccccc1C(=O)NCCN1CCN(C(=O)c2cc(C)on2)CC1. The first-order chi connectivity index (χ1) is 13.1. The van der Waals surface area contributed by atoms with Crippen LogP contribution in [0.2, 0.25) is 0 Å². The maximum absolute atomic E-state index is 12.4. The first-order valence-corrected chi connectivity index (χ1v) is 8.94. The minimum Gasteiger partial charge on any atom is -0.496 e. The molecule has 1 N–H and O–H groups in total. The third-order valence-electron chi connectivity index (χ3n) is 4.57. The van der Waals surface area contributed by atoms with Crippen LogP contribution in [0.3, 0.4) is 0 Å². The molecule has 8 nitrogen and oxygen atoms in total. The number of hydrogen-bond donors (Lipinski definition) is 1. The van der Waals surface area contributed by atoms with E-state index in [0.717, 1.165) is 19.6 Å². The summed E-state index contributed by atoms with van der Waals surface area (Å²) in [6.45, 7) is 5.80. The molecular formula is C19H24N4O4. The molecule has 27 heavy (non-hydrogen) atoms. The quantitative estimate of drug-likeness (QED) is 0.819. The molecule has 0 radical (unpaired) electrons. The molecule has 2 amide bonds. The summed E-state index contributed by atoms with van der Waals surface area (Å²) in [4.78, 5) is 28.6. The maximum Gasteiger partial charge on any atom is 0.276 e. The first kappa shape index (κ1) is 18.9. The van der Waals surface area contributed by atoms with Crippen LogP contribution in [0, 0.1) is 6.92 Å². The Balaban J connectivity index is 1.42. The van der Waals surface area contributed by atoms with Crippen molar-refractivity contribution < 1.29 is 18.8 Å². The Hall–Kier alpha value is -2.87. The van der Waals surface area contributed by atoms with Gasteiger partial charge in [-0.15, -0.1) is 0 Å². The van der Waals surface area contributed by atoms with Gasteiger partial charge in [-0.3, -0.25) is 14.5 Å². The number of amides is 2. The fourth-order valence-corrected chi connectivity index (χ4v) is 3.06. The highest BCUT2D eigenvalue weighted by Crippen LogP contribution is 2.16. The van der Waals surface area contributed by atoms with Gasteiger partial charge in [0.1, 0.15) is 11.5 Å². The van der Waals surface area contributed by atoms with Gasteiger partial charge in [-0.05, 0) is 19.1 Å². The number of ether oxygens (including phenoxy) is 1. The van der Waals surface area contributed by atoms with Gasteiger partial charge in [0.05, 0.1) is 12.7 Å². The number of carbonyl (C=O) groups excluding carboxylic acids is 2. The summed E-state index contributed by atoms with van der Waals surface area (Å²) >= 11 is 0. The number of para-hydroxylation sites is 1. The number of benzene rings is 1. The molecule has 2 aromatic rings. The summed E-state index contributed by atoms with van der Waals surface area (Å²) in [5, 5.41) is 6.70. The van der Waals surface area contributed by atoms with Crippen molar-refractivity contribution in [3.05, 3.63) is 47.3 Å². The average Bonchev–Trinajstić information content (AvgIpc) is 3.14. The van der Waals surface area contributed by atoms with Crippen molar-refractivity contribution in [2.24, 2.45) is 0 Å². The molecule has 144 valence electrons. The average molecular weight is 372 g/mol. The molecule has 0 aliphatic carbocycles. The third kappa shape index (κ3) is 4.65. The highest BCUT2D eigenvalue weighted by Gasteiger charge is 2.24. The molecule has 1 aromatic heterocycles. The van der Waals surface area contributed by atoms with Crippen LogP contribution >= 0.6 is 0 Å². The Labute approximate surface area is 158 Å².